The summed E-state index contributed by atoms with van der Waals surface area (Å²) in [6.45, 7) is 5.02. The molecule has 1 fully saturated rings. The van der Waals surface area contributed by atoms with Crippen molar-refractivity contribution in [1.82, 2.24) is 20.4 Å². The molecule has 144 valence electrons. The smallest absolute Gasteiger partial charge is 0.255 e. The minimum atomic E-state index is -0.0502. The number of carbonyl (C=O) groups is 1. The predicted molar refractivity (Wildman–Crippen MR) is 111 cm³/mol. The molecular weight excluding hydrogens is 348 g/mol. The van der Waals surface area contributed by atoms with Crippen molar-refractivity contribution < 1.29 is 4.79 Å². The molecule has 2 N–H and O–H groups in total. The molecule has 1 amide bonds. The number of carbonyl (C=O) groups excluding carboxylic acids is 1. The van der Waals surface area contributed by atoms with Crippen LogP contribution in [-0.2, 0) is 6.54 Å². The maximum atomic E-state index is 12.8. The van der Waals surface area contributed by atoms with Crippen LogP contribution in [0.1, 0.15) is 34.3 Å². The van der Waals surface area contributed by atoms with E-state index in [9.17, 15) is 4.79 Å². The number of hydrogen-bond acceptors (Lipinski definition) is 3. The second-order valence-electron chi connectivity index (χ2n) is 7.53. The van der Waals surface area contributed by atoms with Gasteiger partial charge in [0.15, 0.2) is 0 Å². The zero-order valence-corrected chi connectivity index (χ0v) is 16.2. The molecule has 1 saturated heterocycles. The number of nitrogens with one attached hydrogen (secondary N) is 2. The number of aromatic amines is 1. The molecule has 0 aliphatic carbocycles. The number of aromatic nitrogens is 2. The van der Waals surface area contributed by atoms with Gasteiger partial charge in [0.05, 0.1) is 17.5 Å². The first-order chi connectivity index (χ1) is 13.7. The normalized spacial score (nSPS) is 15.5. The number of hydrogen-bond donors (Lipinski definition) is 2. The van der Waals surface area contributed by atoms with Gasteiger partial charge in [-0.1, -0.05) is 60.2 Å². The molecule has 5 heteroatoms. The molecule has 1 aliphatic heterocycles. The Hall–Kier alpha value is -2.92. The fourth-order valence-electron chi connectivity index (χ4n) is 3.74. The van der Waals surface area contributed by atoms with E-state index in [4.69, 9.17) is 0 Å². The molecule has 0 unspecified atom stereocenters. The Bertz CT molecular complexity index is 909. The third-order valence-electron chi connectivity index (χ3n) is 5.40. The molecule has 0 bridgehead atoms. The van der Waals surface area contributed by atoms with Crippen LogP contribution in [0.25, 0.3) is 11.3 Å². The predicted octanol–water partition coefficient (Wildman–Crippen LogP) is 3.78. The topological polar surface area (TPSA) is 61.0 Å². The summed E-state index contributed by atoms with van der Waals surface area (Å²) in [6, 6.07) is 18.9. The molecular formula is C23H26N4O. The van der Waals surface area contributed by atoms with Gasteiger partial charge in [0.2, 0.25) is 0 Å². The van der Waals surface area contributed by atoms with E-state index in [2.05, 4.69) is 51.6 Å². The van der Waals surface area contributed by atoms with Crippen molar-refractivity contribution in [2.45, 2.75) is 32.4 Å². The Kier molecular flexibility index (Phi) is 5.53. The van der Waals surface area contributed by atoms with Crippen molar-refractivity contribution in [3.8, 4) is 11.3 Å². The van der Waals surface area contributed by atoms with Gasteiger partial charge < -0.3 is 5.32 Å². The highest BCUT2D eigenvalue weighted by molar-refractivity contribution is 5.99. The number of likely N-dealkylation sites (tertiary alicyclic amines) is 1. The fourth-order valence-corrected chi connectivity index (χ4v) is 3.74. The van der Waals surface area contributed by atoms with E-state index in [0.717, 1.165) is 43.7 Å². The summed E-state index contributed by atoms with van der Waals surface area (Å²) in [7, 11) is 0. The van der Waals surface area contributed by atoms with E-state index >= 15 is 0 Å². The molecule has 2 heterocycles. The molecule has 0 spiro atoms. The van der Waals surface area contributed by atoms with Gasteiger partial charge in [0.25, 0.3) is 5.91 Å². The van der Waals surface area contributed by atoms with Gasteiger partial charge in [-0.3, -0.25) is 14.8 Å². The number of aryl methyl sites for hydroxylation is 1. The lowest BCUT2D eigenvalue weighted by molar-refractivity contribution is 0.0909. The summed E-state index contributed by atoms with van der Waals surface area (Å²) in [5, 5.41) is 10.3. The van der Waals surface area contributed by atoms with E-state index in [1.165, 1.54) is 11.1 Å². The SMILES string of the molecule is Cc1ccc(-c2[nH]ncc2C(=O)NC2CCN(Cc3ccccc3)CC2)cc1. The van der Waals surface area contributed by atoms with Gasteiger partial charge in [-0.15, -0.1) is 0 Å². The van der Waals surface area contributed by atoms with Gasteiger partial charge in [-0.25, -0.2) is 0 Å². The van der Waals surface area contributed by atoms with Crippen LogP contribution in [-0.4, -0.2) is 40.1 Å². The van der Waals surface area contributed by atoms with Gasteiger partial charge in [-0.05, 0) is 25.3 Å². The van der Waals surface area contributed by atoms with E-state index in [1.54, 1.807) is 6.20 Å². The molecule has 2 aromatic carbocycles. The number of amides is 1. The van der Waals surface area contributed by atoms with Gasteiger partial charge in [0, 0.05) is 31.2 Å². The zero-order chi connectivity index (χ0) is 19.3. The molecule has 4 rings (SSSR count). The average molecular weight is 374 g/mol. The molecule has 28 heavy (non-hydrogen) atoms. The highest BCUT2D eigenvalue weighted by atomic mass is 16.1. The third-order valence-corrected chi connectivity index (χ3v) is 5.40. The minimum absolute atomic E-state index is 0.0502. The Labute approximate surface area is 165 Å². The average Bonchev–Trinajstić information content (AvgIpc) is 3.21. The number of nitrogens with zero attached hydrogens (tertiary/aromatic N) is 2. The van der Waals surface area contributed by atoms with Crippen molar-refractivity contribution in [2.24, 2.45) is 0 Å². The van der Waals surface area contributed by atoms with Crippen LogP contribution in [0.4, 0.5) is 0 Å². The summed E-state index contributed by atoms with van der Waals surface area (Å²) in [6.07, 6.45) is 3.56. The summed E-state index contributed by atoms with van der Waals surface area (Å²) in [5.74, 6) is -0.0502. The summed E-state index contributed by atoms with van der Waals surface area (Å²) in [5.41, 5.74) is 4.89. The number of H-pyrrole nitrogens is 1. The number of piperidine rings is 1. The van der Waals surface area contributed by atoms with Crippen LogP contribution < -0.4 is 5.32 Å². The maximum Gasteiger partial charge on any atom is 0.255 e. The molecule has 3 aromatic rings. The Balaban J connectivity index is 1.34. The van der Waals surface area contributed by atoms with Crippen LogP contribution in [0.15, 0.2) is 60.8 Å². The first kappa shape index (κ1) is 18.4. The van der Waals surface area contributed by atoms with Crippen LogP contribution in [0.5, 0.6) is 0 Å². The van der Waals surface area contributed by atoms with Gasteiger partial charge >= 0.3 is 0 Å². The third kappa shape index (κ3) is 4.31. The maximum absolute atomic E-state index is 12.8. The molecule has 0 radical (unpaired) electrons. The lowest BCUT2D eigenvalue weighted by atomic mass is 10.0. The van der Waals surface area contributed by atoms with Crippen LogP contribution >= 0.6 is 0 Å². The number of rotatable bonds is 5. The Morgan fingerprint density at radius 2 is 1.82 bits per heavy atom. The van der Waals surface area contributed by atoms with E-state index in [-0.39, 0.29) is 11.9 Å². The summed E-state index contributed by atoms with van der Waals surface area (Å²) < 4.78 is 0. The van der Waals surface area contributed by atoms with Crippen molar-refractivity contribution in [3.63, 3.8) is 0 Å². The van der Waals surface area contributed by atoms with Crippen LogP contribution in [0, 0.1) is 6.92 Å². The van der Waals surface area contributed by atoms with Gasteiger partial charge in [-0.2, -0.15) is 5.10 Å². The largest absolute Gasteiger partial charge is 0.349 e. The van der Waals surface area contributed by atoms with Crippen molar-refractivity contribution in [2.75, 3.05) is 13.1 Å². The lowest BCUT2D eigenvalue weighted by Gasteiger charge is -2.32. The molecule has 5 nitrogen and oxygen atoms in total. The Morgan fingerprint density at radius 1 is 1.11 bits per heavy atom. The standard InChI is InChI=1S/C23H26N4O/c1-17-7-9-19(10-8-17)22-21(15-24-26-22)23(28)25-20-11-13-27(14-12-20)16-18-5-3-2-4-6-18/h2-10,15,20H,11-14,16H2,1H3,(H,24,26)(H,25,28). The summed E-state index contributed by atoms with van der Waals surface area (Å²) >= 11 is 0. The van der Waals surface area contributed by atoms with Crippen molar-refractivity contribution in [1.29, 1.82) is 0 Å². The van der Waals surface area contributed by atoms with E-state index in [0.29, 0.717) is 5.56 Å². The highest BCUT2D eigenvalue weighted by Gasteiger charge is 2.23. The zero-order valence-electron chi connectivity index (χ0n) is 16.2. The quantitative estimate of drug-likeness (QED) is 0.714. The molecule has 1 aromatic heterocycles. The van der Waals surface area contributed by atoms with E-state index < -0.39 is 0 Å². The number of benzene rings is 2. The lowest BCUT2D eigenvalue weighted by Crippen LogP contribution is -2.44. The molecule has 0 atom stereocenters. The summed E-state index contributed by atoms with van der Waals surface area (Å²) in [4.78, 5) is 15.3. The Morgan fingerprint density at radius 3 is 2.54 bits per heavy atom. The van der Waals surface area contributed by atoms with Gasteiger partial charge in [0.1, 0.15) is 0 Å². The molecule has 1 aliphatic rings. The first-order valence-corrected chi connectivity index (χ1v) is 9.86. The highest BCUT2D eigenvalue weighted by Crippen LogP contribution is 2.22. The van der Waals surface area contributed by atoms with Crippen LogP contribution in [0.2, 0.25) is 0 Å². The fraction of sp³-hybridized carbons (Fsp3) is 0.304. The monoisotopic (exact) mass is 374 g/mol. The second-order valence-corrected chi connectivity index (χ2v) is 7.53. The first-order valence-electron chi connectivity index (χ1n) is 9.86. The van der Waals surface area contributed by atoms with Crippen LogP contribution in [0.3, 0.4) is 0 Å². The van der Waals surface area contributed by atoms with Crippen molar-refractivity contribution >= 4 is 5.91 Å². The molecule has 0 saturated carbocycles. The second kappa shape index (κ2) is 8.40. The van der Waals surface area contributed by atoms with E-state index in [1.807, 2.05) is 30.3 Å². The minimum Gasteiger partial charge on any atom is -0.349 e. The van der Waals surface area contributed by atoms with Crippen molar-refractivity contribution in [3.05, 3.63) is 77.5 Å².